The lowest BCUT2D eigenvalue weighted by molar-refractivity contribution is 0.244. The smallest absolute Gasteiger partial charge is 0.0766 e. The summed E-state index contributed by atoms with van der Waals surface area (Å²) in [6.07, 6.45) is 2.30. The highest BCUT2D eigenvalue weighted by atomic mass is 16.3. The van der Waals surface area contributed by atoms with Gasteiger partial charge in [0.1, 0.15) is 0 Å². The highest BCUT2D eigenvalue weighted by Crippen LogP contribution is 1.94. The largest absolute Gasteiger partial charge is 0.389 e. The van der Waals surface area contributed by atoms with Crippen molar-refractivity contribution in [2.45, 2.75) is 33.3 Å². The van der Waals surface area contributed by atoms with E-state index in [4.69, 9.17) is 5.11 Å². The lowest BCUT2D eigenvalue weighted by Crippen LogP contribution is -1.90. The minimum Gasteiger partial charge on any atom is -0.389 e. The van der Waals surface area contributed by atoms with Crippen LogP contribution in [-0.2, 0) is 0 Å². The molecule has 52 valence electrons. The van der Waals surface area contributed by atoms with Crippen molar-refractivity contribution in [2.75, 3.05) is 0 Å². The van der Waals surface area contributed by atoms with Crippen molar-refractivity contribution in [2.24, 2.45) is 0 Å². The van der Waals surface area contributed by atoms with E-state index >= 15 is 0 Å². The number of aliphatic hydroxyl groups excluding tert-OH is 1. The van der Waals surface area contributed by atoms with Gasteiger partial charge in [-0.3, -0.25) is 0 Å². The van der Waals surface area contributed by atoms with Gasteiger partial charge in [0.25, 0.3) is 0 Å². The van der Waals surface area contributed by atoms with Crippen molar-refractivity contribution >= 4 is 0 Å². The second-order valence-electron chi connectivity index (χ2n) is 2.19. The van der Waals surface area contributed by atoms with Crippen LogP contribution in [0.15, 0.2) is 17.4 Å². The average molecular weight is 126 g/mol. The molecule has 0 fully saturated rings. The lowest BCUT2D eigenvalue weighted by Gasteiger charge is -1.89. The average Bonchev–Trinajstić information content (AvgIpc) is 1.83. The zero-order chi connectivity index (χ0) is 7.28. The van der Waals surface area contributed by atoms with Crippen molar-refractivity contribution in [3.63, 3.8) is 0 Å². The maximum atomic E-state index is 8.77. The second kappa shape index (κ2) is 4.37. The zero-order valence-corrected chi connectivity index (χ0v) is 6.31. The van der Waals surface area contributed by atoms with E-state index < -0.39 is 0 Å². The molecule has 0 aromatic heterocycles. The molecule has 1 N–H and O–H groups in total. The minimum absolute atomic E-state index is 0.369. The monoisotopic (exact) mass is 126 g/mol. The molecule has 0 bridgehead atoms. The van der Waals surface area contributed by atoms with Crippen molar-refractivity contribution in [3.05, 3.63) is 17.4 Å². The van der Waals surface area contributed by atoms with Gasteiger partial charge in [-0.25, -0.2) is 0 Å². The molecule has 1 unspecified atom stereocenters. The minimum atomic E-state index is -0.369. The molecule has 0 radical (unpaired) electrons. The second-order valence-corrected chi connectivity index (χ2v) is 2.19. The fourth-order valence-corrected chi connectivity index (χ4v) is 0.365. The van der Waals surface area contributed by atoms with E-state index in [-0.39, 0.29) is 6.10 Å². The van der Waals surface area contributed by atoms with Gasteiger partial charge in [0.15, 0.2) is 0 Å². The van der Waals surface area contributed by atoms with Crippen LogP contribution in [0.2, 0.25) is 0 Å². The van der Waals surface area contributed by atoms with Crippen molar-refractivity contribution in [3.8, 4) is 0 Å². The van der Waals surface area contributed by atoms with Gasteiger partial charge in [0.2, 0.25) is 0 Å². The molecular weight excluding hydrogens is 112 g/mol. The predicted octanol–water partition coefficient (Wildman–Crippen LogP) is 1.88. The molecule has 1 atom stereocenters. The first-order chi connectivity index (χ1) is 4.16. The van der Waals surface area contributed by atoms with Crippen molar-refractivity contribution in [1.29, 1.82) is 0 Å². The van der Waals surface area contributed by atoms with Crippen LogP contribution in [0, 0.1) is 0 Å². The van der Waals surface area contributed by atoms with Crippen LogP contribution < -0.4 is 0 Å². The Hall–Kier alpha value is -0.520. The maximum absolute atomic E-state index is 8.77. The number of hydrogen-bond acceptors (Lipinski definition) is 1. The van der Waals surface area contributed by atoms with Crippen LogP contribution in [0.3, 0.4) is 0 Å². The molecule has 0 spiro atoms. The van der Waals surface area contributed by atoms with Crippen LogP contribution in [-0.4, -0.2) is 11.2 Å². The van der Waals surface area contributed by atoms with Crippen LogP contribution >= 0.6 is 0 Å². The highest BCUT2D eigenvalue weighted by Gasteiger charge is 1.82. The van der Waals surface area contributed by atoms with E-state index in [0.29, 0.717) is 0 Å². The molecule has 0 aliphatic rings. The van der Waals surface area contributed by atoms with Crippen LogP contribution in [0.4, 0.5) is 0 Å². The fraction of sp³-hybridized carbons (Fsp3) is 0.625. The molecule has 0 aliphatic heterocycles. The van der Waals surface area contributed by atoms with Gasteiger partial charge in [-0.05, 0) is 31.9 Å². The van der Waals surface area contributed by atoms with Crippen molar-refractivity contribution < 1.29 is 5.11 Å². The summed E-state index contributed by atoms with van der Waals surface area (Å²) in [7, 11) is 0. The molecule has 0 aliphatic carbocycles. The summed E-state index contributed by atoms with van der Waals surface area (Å²) in [5, 5.41) is 8.77. The molecule has 1 nitrogen and oxygen atoms in total. The molecule has 0 saturated carbocycles. The molecule has 0 aromatic carbocycles. The lowest BCUT2D eigenvalue weighted by atomic mass is 10.2. The predicted molar refractivity (Wildman–Crippen MR) is 39.2 cm³/mol. The first-order valence-electron chi connectivity index (χ1n) is 3.27. The Morgan fingerprint density at radius 1 is 1.78 bits per heavy atom. The third kappa shape index (κ3) is 5.35. The third-order valence-corrected chi connectivity index (χ3v) is 1.10. The molecule has 1 heteroatoms. The van der Waals surface area contributed by atoms with E-state index in [1.165, 1.54) is 5.57 Å². The molecular formula is C8H14O. The third-order valence-electron chi connectivity index (χ3n) is 1.10. The van der Waals surface area contributed by atoms with Gasteiger partial charge < -0.3 is 5.11 Å². The van der Waals surface area contributed by atoms with Gasteiger partial charge in [-0.1, -0.05) is 6.92 Å². The Bertz CT molecular complexity index is 128. The summed E-state index contributed by atoms with van der Waals surface area (Å²) in [5.41, 5.74) is 4.15. The van der Waals surface area contributed by atoms with E-state index in [2.05, 4.69) is 12.7 Å². The van der Waals surface area contributed by atoms with Gasteiger partial charge in [-0.2, -0.15) is 0 Å². The van der Waals surface area contributed by atoms with Gasteiger partial charge in [-0.15, -0.1) is 5.73 Å². The van der Waals surface area contributed by atoms with E-state index in [9.17, 15) is 0 Å². The summed E-state index contributed by atoms with van der Waals surface area (Å²) in [5.74, 6) is 0. The Kier molecular flexibility index (Phi) is 4.12. The SMILES string of the molecule is CCC(C)=C=CC(C)O. The van der Waals surface area contributed by atoms with Gasteiger partial charge >= 0.3 is 0 Å². The Labute approximate surface area is 56.7 Å². The molecule has 0 aromatic rings. The summed E-state index contributed by atoms with van der Waals surface area (Å²) >= 11 is 0. The Balaban J connectivity index is 3.91. The Morgan fingerprint density at radius 3 is 2.67 bits per heavy atom. The normalized spacial score (nSPS) is 12.0. The maximum Gasteiger partial charge on any atom is 0.0766 e. The highest BCUT2D eigenvalue weighted by molar-refractivity contribution is 4.98. The standard InChI is InChI=1S/C8H14O/c1-4-7(2)5-6-8(3)9/h6,8-9H,4H2,1-3H3. The Morgan fingerprint density at radius 2 is 2.33 bits per heavy atom. The van der Waals surface area contributed by atoms with Crippen LogP contribution in [0.25, 0.3) is 0 Å². The molecule has 0 heterocycles. The van der Waals surface area contributed by atoms with Crippen LogP contribution in [0.5, 0.6) is 0 Å². The van der Waals surface area contributed by atoms with E-state index in [1.807, 2.05) is 6.92 Å². The van der Waals surface area contributed by atoms with Gasteiger partial charge in [0.05, 0.1) is 6.10 Å². The fourth-order valence-electron chi connectivity index (χ4n) is 0.365. The molecule has 0 saturated heterocycles. The summed E-state index contributed by atoms with van der Waals surface area (Å²) in [4.78, 5) is 0. The summed E-state index contributed by atoms with van der Waals surface area (Å²) in [6.45, 7) is 5.78. The summed E-state index contributed by atoms with van der Waals surface area (Å²) < 4.78 is 0. The molecule has 0 rings (SSSR count). The quantitative estimate of drug-likeness (QED) is 0.560. The van der Waals surface area contributed by atoms with Crippen LogP contribution in [0.1, 0.15) is 27.2 Å². The molecule has 9 heavy (non-hydrogen) atoms. The van der Waals surface area contributed by atoms with E-state index in [0.717, 1.165) is 6.42 Å². The van der Waals surface area contributed by atoms with Gasteiger partial charge in [0, 0.05) is 0 Å². The first kappa shape index (κ1) is 8.48. The summed E-state index contributed by atoms with van der Waals surface area (Å²) in [6, 6.07) is 0. The van der Waals surface area contributed by atoms with Crippen molar-refractivity contribution in [1.82, 2.24) is 0 Å². The molecule has 0 amide bonds. The number of hydrogen-bond donors (Lipinski definition) is 1. The number of rotatable bonds is 2. The first-order valence-corrected chi connectivity index (χ1v) is 3.27. The zero-order valence-electron chi connectivity index (χ0n) is 6.31. The van der Waals surface area contributed by atoms with E-state index in [1.54, 1.807) is 13.0 Å². The topological polar surface area (TPSA) is 20.2 Å². The number of aliphatic hydroxyl groups is 1.